The van der Waals surface area contributed by atoms with Crippen molar-refractivity contribution in [1.29, 1.82) is 0 Å². The Hall–Kier alpha value is -1.26. The van der Waals surface area contributed by atoms with Gasteiger partial charge < -0.3 is 15.0 Å². The van der Waals surface area contributed by atoms with Crippen molar-refractivity contribution < 1.29 is 14.3 Å². The summed E-state index contributed by atoms with van der Waals surface area (Å²) in [5.41, 5.74) is -0.369. The molecule has 0 radical (unpaired) electrons. The summed E-state index contributed by atoms with van der Waals surface area (Å²) in [7, 11) is 0. The molecule has 1 heterocycles. The molecule has 0 saturated carbocycles. The predicted molar refractivity (Wildman–Crippen MR) is 69.2 cm³/mol. The molecule has 2 amide bonds. The van der Waals surface area contributed by atoms with Crippen molar-refractivity contribution in [3.63, 3.8) is 0 Å². The highest BCUT2D eigenvalue weighted by Gasteiger charge is 2.31. The van der Waals surface area contributed by atoms with Gasteiger partial charge >= 0.3 is 6.09 Å². The molecule has 1 rings (SSSR count). The summed E-state index contributed by atoms with van der Waals surface area (Å²) in [5.74, 6) is 0.137. The molecule has 1 aliphatic heterocycles. The van der Waals surface area contributed by atoms with Crippen LogP contribution < -0.4 is 5.32 Å². The zero-order valence-electron chi connectivity index (χ0n) is 11.8. The second-order valence-corrected chi connectivity index (χ2v) is 5.71. The normalized spacial score (nSPS) is 20.4. The van der Waals surface area contributed by atoms with E-state index in [1.807, 2.05) is 25.7 Å². The molecule has 1 aliphatic rings. The zero-order chi connectivity index (χ0) is 13.8. The van der Waals surface area contributed by atoms with Crippen LogP contribution in [0.25, 0.3) is 0 Å². The van der Waals surface area contributed by atoms with Crippen molar-refractivity contribution in [3.8, 4) is 0 Å². The number of piperidine rings is 1. The molecule has 0 aromatic heterocycles. The molecule has 104 valence electrons. The number of hydrogen-bond donors (Lipinski definition) is 1. The van der Waals surface area contributed by atoms with Gasteiger partial charge in [0.15, 0.2) is 0 Å². The highest BCUT2D eigenvalue weighted by molar-refractivity contribution is 5.81. The third-order valence-corrected chi connectivity index (χ3v) is 2.95. The molecule has 0 unspecified atom stereocenters. The first kappa shape index (κ1) is 14.8. The lowest BCUT2D eigenvalue weighted by molar-refractivity contribution is -0.140. The topological polar surface area (TPSA) is 58.6 Å². The molecule has 1 fully saturated rings. The maximum atomic E-state index is 12.2. The molecule has 1 N–H and O–H groups in total. The minimum Gasteiger partial charge on any atom is -0.450 e. The summed E-state index contributed by atoms with van der Waals surface area (Å²) < 4.78 is 4.85. The van der Waals surface area contributed by atoms with Crippen LogP contribution in [0.15, 0.2) is 0 Å². The Labute approximate surface area is 109 Å². The van der Waals surface area contributed by atoms with E-state index in [-0.39, 0.29) is 17.4 Å². The van der Waals surface area contributed by atoms with E-state index in [2.05, 4.69) is 5.32 Å². The number of likely N-dealkylation sites (tertiary alicyclic amines) is 1. The second kappa shape index (κ2) is 6.07. The van der Waals surface area contributed by atoms with E-state index in [1.54, 1.807) is 6.92 Å². The standard InChI is InChI=1S/C13H24N2O3/c1-5-18-12(17)14-10-7-6-8-15(9-10)11(16)13(2,3)4/h10H,5-9H2,1-4H3,(H,14,17)/t10-/m1/s1. The van der Waals surface area contributed by atoms with Gasteiger partial charge in [0, 0.05) is 24.5 Å². The highest BCUT2D eigenvalue weighted by atomic mass is 16.5. The third-order valence-electron chi connectivity index (χ3n) is 2.95. The van der Waals surface area contributed by atoms with Gasteiger partial charge in [0.05, 0.1) is 6.61 Å². The second-order valence-electron chi connectivity index (χ2n) is 5.71. The number of rotatable bonds is 2. The number of nitrogens with one attached hydrogen (secondary N) is 1. The number of ether oxygens (including phenoxy) is 1. The fourth-order valence-corrected chi connectivity index (χ4v) is 2.09. The third kappa shape index (κ3) is 4.20. The lowest BCUT2D eigenvalue weighted by Gasteiger charge is -2.36. The van der Waals surface area contributed by atoms with Crippen molar-refractivity contribution in [2.24, 2.45) is 5.41 Å². The van der Waals surface area contributed by atoms with Gasteiger partial charge in [-0.05, 0) is 19.8 Å². The van der Waals surface area contributed by atoms with Gasteiger partial charge in [0.2, 0.25) is 5.91 Å². The van der Waals surface area contributed by atoms with Crippen molar-refractivity contribution in [2.45, 2.75) is 46.6 Å². The summed E-state index contributed by atoms with van der Waals surface area (Å²) in [6.45, 7) is 9.23. The van der Waals surface area contributed by atoms with Crippen LogP contribution in [0.3, 0.4) is 0 Å². The monoisotopic (exact) mass is 256 g/mol. The van der Waals surface area contributed by atoms with Crippen molar-refractivity contribution in [2.75, 3.05) is 19.7 Å². The largest absolute Gasteiger partial charge is 0.450 e. The summed E-state index contributed by atoms with van der Waals surface area (Å²) in [6.07, 6.45) is 1.42. The molecule has 0 aromatic carbocycles. The first-order chi connectivity index (χ1) is 8.34. The Kier molecular flexibility index (Phi) is 4.99. The molecule has 0 aromatic rings. The predicted octanol–water partition coefficient (Wildman–Crippen LogP) is 1.77. The molecule has 5 nitrogen and oxygen atoms in total. The number of amides is 2. The van der Waals surface area contributed by atoms with E-state index < -0.39 is 6.09 Å². The van der Waals surface area contributed by atoms with Crippen molar-refractivity contribution in [1.82, 2.24) is 10.2 Å². The van der Waals surface area contributed by atoms with E-state index in [0.717, 1.165) is 19.4 Å². The maximum absolute atomic E-state index is 12.2. The van der Waals surface area contributed by atoms with Crippen LogP contribution in [0.1, 0.15) is 40.5 Å². The molecule has 0 spiro atoms. The lowest BCUT2D eigenvalue weighted by Crippen LogP contribution is -2.52. The van der Waals surface area contributed by atoms with Crippen LogP contribution in [0.4, 0.5) is 4.79 Å². The zero-order valence-corrected chi connectivity index (χ0v) is 11.8. The summed E-state index contributed by atoms with van der Waals surface area (Å²) in [6, 6.07) is 0.00380. The fourth-order valence-electron chi connectivity index (χ4n) is 2.09. The molecular weight excluding hydrogens is 232 g/mol. The van der Waals surface area contributed by atoms with Gasteiger partial charge in [0.1, 0.15) is 0 Å². The van der Waals surface area contributed by atoms with Gasteiger partial charge in [0.25, 0.3) is 0 Å². The minimum atomic E-state index is -0.396. The fraction of sp³-hybridized carbons (Fsp3) is 0.846. The van der Waals surface area contributed by atoms with E-state index in [0.29, 0.717) is 13.2 Å². The van der Waals surface area contributed by atoms with Gasteiger partial charge in [-0.25, -0.2) is 4.79 Å². The van der Waals surface area contributed by atoms with Crippen LogP contribution in [-0.2, 0) is 9.53 Å². The molecule has 5 heteroatoms. The highest BCUT2D eigenvalue weighted by Crippen LogP contribution is 2.20. The van der Waals surface area contributed by atoms with Crippen LogP contribution in [-0.4, -0.2) is 42.6 Å². The first-order valence-corrected chi connectivity index (χ1v) is 6.57. The van der Waals surface area contributed by atoms with Crippen LogP contribution in [0.5, 0.6) is 0 Å². The van der Waals surface area contributed by atoms with Gasteiger partial charge in [-0.2, -0.15) is 0 Å². The quantitative estimate of drug-likeness (QED) is 0.819. The number of hydrogen-bond acceptors (Lipinski definition) is 3. The van der Waals surface area contributed by atoms with Crippen molar-refractivity contribution >= 4 is 12.0 Å². The van der Waals surface area contributed by atoms with E-state index in [4.69, 9.17) is 4.74 Å². The first-order valence-electron chi connectivity index (χ1n) is 6.57. The van der Waals surface area contributed by atoms with E-state index in [1.165, 1.54) is 0 Å². The van der Waals surface area contributed by atoms with Crippen LogP contribution in [0.2, 0.25) is 0 Å². The van der Waals surface area contributed by atoms with Gasteiger partial charge in [-0.15, -0.1) is 0 Å². The molecule has 1 atom stereocenters. The van der Waals surface area contributed by atoms with E-state index >= 15 is 0 Å². The lowest BCUT2D eigenvalue weighted by atomic mass is 9.93. The maximum Gasteiger partial charge on any atom is 0.407 e. The molecule has 18 heavy (non-hydrogen) atoms. The SMILES string of the molecule is CCOC(=O)N[C@@H]1CCCN(C(=O)C(C)(C)C)C1. The average Bonchev–Trinajstić information content (AvgIpc) is 2.27. The Morgan fingerprint density at radius 3 is 2.61 bits per heavy atom. The summed E-state index contributed by atoms with van der Waals surface area (Å²) in [5, 5.41) is 2.80. The minimum absolute atomic E-state index is 0.00380. The smallest absolute Gasteiger partial charge is 0.407 e. The Morgan fingerprint density at radius 2 is 2.06 bits per heavy atom. The van der Waals surface area contributed by atoms with Crippen LogP contribution >= 0.6 is 0 Å². The molecule has 0 bridgehead atoms. The molecule has 0 aliphatic carbocycles. The summed E-state index contributed by atoms with van der Waals surface area (Å²) >= 11 is 0. The van der Waals surface area contributed by atoms with Crippen molar-refractivity contribution in [3.05, 3.63) is 0 Å². The Balaban J connectivity index is 2.51. The van der Waals surface area contributed by atoms with Gasteiger partial charge in [-0.1, -0.05) is 20.8 Å². The Bertz CT molecular complexity index is 310. The van der Waals surface area contributed by atoms with Gasteiger partial charge in [-0.3, -0.25) is 4.79 Å². The number of carbonyl (C=O) groups excluding carboxylic acids is 2. The van der Waals surface area contributed by atoms with E-state index in [9.17, 15) is 9.59 Å². The Morgan fingerprint density at radius 1 is 1.39 bits per heavy atom. The number of carbonyl (C=O) groups is 2. The average molecular weight is 256 g/mol. The molecular formula is C13H24N2O3. The van der Waals surface area contributed by atoms with Crippen LogP contribution in [0, 0.1) is 5.41 Å². The molecule has 1 saturated heterocycles. The number of alkyl carbamates (subject to hydrolysis) is 1. The number of nitrogens with zero attached hydrogens (tertiary/aromatic N) is 1. The summed E-state index contributed by atoms with van der Waals surface area (Å²) in [4.78, 5) is 25.3.